The van der Waals surface area contributed by atoms with Crippen molar-refractivity contribution in [2.24, 2.45) is 0 Å². The monoisotopic (exact) mass is 243 g/mol. The molecular weight excluding hydrogens is 226 g/mol. The molecule has 0 saturated carbocycles. The van der Waals surface area contributed by atoms with Crippen LogP contribution in [0, 0.1) is 13.8 Å². The van der Waals surface area contributed by atoms with E-state index in [0.717, 1.165) is 16.7 Å². The lowest BCUT2D eigenvalue weighted by Crippen LogP contribution is -1.87. The van der Waals surface area contributed by atoms with Crippen LogP contribution < -0.4 is 5.73 Å². The summed E-state index contributed by atoms with van der Waals surface area (Å²) in [6.45, 7) is 7.64. The molecule has 0 aliphatic heterocycles. The number of benzene rings is 1. The minimum Gasteiger partial charge on any atom is -0.504 e. The second kappa shape index (κ2) is 4.61. The van der Waals surface area contributed by atoms with Crippen molar-refractivity contribution in [3.05, 3.63) is 47.7 Å². The van der Waals surface area contributed by atoms with Crippen LogP contribution in [-0.4, -0.2) is 5.11 Å². The van der Waals surface area contributed by atoms with Gasteiger partial charge in [0.1, 0.15) is 0 Å². The first-order valence-corrected chi connectivity index (χ1v) is 5.82. The number of rotatable bonds is 3. The number of aryl methyl sites for hydroxylation is 2. The quantitative estimate of drug-likeness (QED) is 0.810. The Morgan fingerprint density at radius 1 is 1.28 bits per heavy atom. The second-order valence-electron chi connectivity index (χ2n) is 4.48. The third kappa shape index (κ3) is 2.12. The van der Waals surface area contributed by atoms with E-state index in [1.54, 1.807) is 6.08 Å². The third-order valence-electron chi connectivity index (χ3n) is 2.82. The topological polar surface area (TPSA) is 59.4 Å². The Balaban J connectivity index is 2.59. The number of nitrogens with two attached hydrogens (primary N) is 1. The van der Waals surface area contributed by atoms with Crippen LogP contribution >= 0.6 is 0 Å². The summed E-state index contributed by atoms with van der Waals surface area (Å²) in [6.07, 6.45) is 2.13. The molecule has 1 aromatic heterocycles. The van der Waals surface area contributed by atoms with Gasteiger partial charge in [-0.1, -0.05) is 35.4 Å². The first kappa shape index (κ1) is 12.3. The number of anilines is 1. The van der Waals surface area contributed by atoms with Gasteiger partial charge < -0.3 is 15.3 Å². The SMILES string of the molecule is C=CCc1oc(N)c(-c2cc(C)cc(C)c2)c1O. The molecule has 0 amide bonds. The minimum absolute atomic E-state index is 0.109. The average Bonchev–Trinajstić information content (AvgIpc) is 2.53. The molecule has 0 unspecified atom stereocenters. The van der Waals surface area contributed by atoms with Crippen molar-refractivity contribution in [3.8, 4) is 16.9 Å². The Hall–Kier alpha value is -2.16. The fraction of sp³-hybridized carbons (Fsp3) is 0.200. The molecule has 0 bridgehead atoms. The Bertz CT molecular complexity index is 577. The van der Waals surface area contributed by atoms with E-state index < -0.39 is 0 Å². The summed E-state index contributed by atoms with van der Waals surface area (Å²) < 4.78 is 5.38. The Labute approximate surface area is 107 Å². The lowest BCUT2D eigenvalue weighted by molar-refractivity contribution is 0.441. The fourth-order valence-corrected chi connectivity index (χ4v) is 2.16. The predicted molar refractivity (Wildman–Crippen MR) is 73.6 cm³/mol. The zero-order valence-corrected chi connectivity index (χ0v) is 10.7. The van der Waals surface area contributed by atoms with Crippen molar-refractivity contribution >= 4 is 5.88 Å². The number of furan rings is 1. The summed E-state index contributed by atoms with van der Waals surface area (Å²) in [6, 6.07) is 6.03. The van der Waals surface area contributed by atoms with Gasteiger partial charge in [-0.3, -0.25) is 0 Å². The van der Waals surface area contributed by atoms with Gasteiger partial charge in [-0.2, -0.15) is 0 Å². The van der Waals surface area contributed by atoms with E-state index >= 15 is 0 Å². The van der Waals surface area contributed by atoms with Crippen LogP contribution in [0.15, 0.2) is 35.3 Å². The molecule has 18 heavy (non-hydrogen) atoms. The maximum absolute atomic E-state index is 10.2. The summed E-state index contributed by atoms with van der Waals surface area (Å²) >= 11 is 0. The molecule has 2 rings (SSSR count). The molecule has 94 valence electrons. The van der Waals surface area contributed by atoms with E-state index in [1.165, 1.54) is 0 Å². The van der Waals surface area contributed by atoms with E-state index in [4.69, 9.17) is 10.2 Å². The Kier molecular flexibility index (Phi) is 3.15. The number of aromatic hydroxyl groups is 1. The van der Waals surface area contributed by atoms with Crippen LogP contribution in [0.2, 0.25) is 0 Å². The zero-order valence-electron chi connectivity index (χ0n) is 10.7. The van der Waals surface area contributed by atoms with Gasteiger partial charge in [0.05, 0.1) is 5.56 Å². The molecule has 0 radical (unpaired) electrons. The predicted octanol–water partition coefficient (Wildman–Crippen LogP) is 3.58. The van der Waals surface area contributed by atoms with E-state index in [-0.39, 0.29) is 11.6 Å². The van der Waals surface area contributed by atoms with Gasteiger partial charge in [-0.25, -0.2) is 0 Å². The molecule has 3 N–H and O–H groups in total. The summed E-state index contributed by atoms with van der Waals surface area (Å²) in [7, 11) is 0. The van der Waals surface area contributed by atoms with Crippen molar-refractivity contribution in [2.45, 2.75) is 20.3 Å². The molecule has 0 atom stereocenters. The minimum atomic E-state index is 0.109. The van der Waals surface area contributed by atoms with E-state index in [9.17, 15) is 5.11 Å². The fourth-order valence-electron chi connectivity index (χ4n) is 2.16. The van der Waals surface area contributed by atoms with Crippen LogP contribution in [-0.2, 0) is 6.42 Å². The number of allylic oxidation sites excluding steroid dienone is 1. The highest BCUT2D eigenvalue weighted by atomic mass is 16.4. The normalized spacial score (nSPS) is 10.6. The van der Waals surface area contributed by atoms with Crippen molar-refractivity contribution in [1.29, 1.82) is 0 Å². The largest absolute Gasteiger partial charge is 0.504 e. The van der Waals surface area contributed by atoms with Gasteiger partial charge >= 0.3 is 0 Å². The van der Waals surface area contributed by atoms with E-state index in [0.29, 0.717) is 17.7 Å². The standard InChI is InChI=1S/C15H17NO2/c1-4-5-12-14(17)13(15(16)18-12)11-7-9(2)6-10(3)8-11/h4,6-8,17H,1,5,16H2,2-3H3. The highest BCUT2D eigenvalue weighted by Gasteiger charge is 2.18. The van der Waals surface area contributed by atoms with E-state index in [2.05, 4.69) is 12.6 Å². The van der Waals surface area contributed by atoms with Crippen molar-refractivity contribution < 1.29 is 9.52 Å². The molecule has 3 heteroatoms. The highest BCUT2D eigenvalue weighted by Crippen LogP contribution is 2.40. The van der Waals surface area contributed by atoms with Crippen molar-refractivity contribution in [1.82, 2.24) is 0 Å². The second-order valence-corrected chi connectivity index (χ2v) is 4.48. The van der Waals surface area contributed by atoms with Crippen LogP contribution in [0.4, 0.5) is 5.88 Å². The summed E-state index contributed by atoms with van der Waals surface area (Å²) in [5.74, 6) is 0.809. The maximum Gasteiger partial charge on any atom is 0.202 e. The molecule has 0 aliphatic rings. The van der Waals surface area contributed by atoms with Gasteiger partial charge in [-0.15, -0.1) is 6.58 Å². The molecule has 2 aromatic rings. The van der Waals surface area contributed by atoms with Gasteiger partial charge in [-0.05, 0) is 19.4 Å². The van der Waals surface area contributed by atoms with Gasteiger partial charge in [0.15, 0.2) is 11.5 Å². The van der Waals surface area contributed by atoms with Gasteiger partial charge in [0.2, 0.25) is 5.88 Å². The summed E-state index contributed by atoms with van der Waals surface area (Å²) in [5, 5.41) is 10.2. The number of hydrogen-bond donors (Lipinski definition) is 2. The lowest BCUT2D eigenvalue weighted by atomic mass is 10.0. The highest BCUT2D eigenvalue weighted by molar-refractivity contribution is 5.80. The Morgan fingerprint density at radius 3 is 2.44 bits per heavy atom. The van der Waals surface area contributed by atoms with Crippen LogP contribution in [0.1, 0.15) is 16.9 Å². The molecule has 0 spiro atoms. The molecule has 0 fully saturated rings. The first-order valence-electron chi connectivity index (χ1n) is 5.82. The van der Waals surface area contributed by atoms with E-state index in [1.807, 2.05) is 26.0 Å². The summed E-state index contributed by atoms with van der Waals surface area (Å²) in [5.41, 5.74) is 9.53. The Morgan fingerprint density at radius 2 is 1.89 bits per heavy atom. The summed E-state index contributed by atoms with van der Waals surface area (Å²) in [4.78, 5) is 0. The lowest BCUT2D eigenvalue weighted by Gasteiger charge is -2.04. The van der Waals surface area contributed by atoms with Gasteiger partial charge in [0, 0.05) is 6.42 Å². The molecule has 1 aromatic carbocycles. The van der Waals surface area contributed by atoms with Crippen LogP contribution in [0.5, 0.6) is 5.75 Å². The molecule has 0 saturated heterocycles. The van der Waals surface area contributed by atoms with Crippen molar-refractivity contribution in [3.63, 3.8) is 0 Å². The molecule has 1 heterocycles. The molecular formula is C15H17NO2. The smallest absolute Gasteiger partial charge is 0.202 e. The molecule has 0 aliphatic carbocycles. The first-order chi connectivity index (χ1) is 8.52. The van der Waals surface area contributed by atoms with Crippen LogP contribution in [0.25, 0.3) is 11.1 Å². The van der Waals surface area contributed by atoms with Crippen LogP contribution in [0.3, 0.4) is 0 Å². The molecule has 3 nitrogen and oxygen atoms in total. The number of nitrogen functional groups attached to an aromatic ring is 1. The third-order valence-corrected chi connectivity index (χ3v) is 2.82. The van der Waals surface area contributed by atoms with Gasteiger partial charge in [0.25, 0.3) is 0 Å². The zero-order chi connectivity index (χ0) is 13.3. The van der Waals surface area contributed by atoms with Crippen molar-refractivity contribution in [2.75, 3.05) is 5.73 Å². The number of hydrogen-bond acceptors (Lipinski definition) is 3. The average molecular weight is 243 g/mol. The maximum atomic E-state index is 10.2.